The van der Waals surface area contributed by atoms with E-state index in [1.165, 1.54) is 31.4 Å². The van der Waals surface area contributed by atoms with E-state index >= 15 is 0 Å². The number of nitrogens with one attached hydrogen (secondary N) is 2. The molecule has 0 amide bonds. The van der Waals surface area contributed by atoms with Crippen LogP contribution in [0.5, 0.6) is 0 Å². The largest absolute Gasteiger partial charge is 0.444 e. The summed E-state index contributed by atoms with van der Waals surface area (Å²) in [5.41, 5.74) is 1.63. The Kier molecular flexibility index (Phi) is 8.88. The lowest BCUT2D eigenvalue weighted by Crippen LogP contribution is -2.43. The van der Waals surface area contributed by atoms with Crippen molar-refractivity contribution in [3.05, 3.63) is 42.0 Å². The van der Waals surface area contributed by atoms with Crippen molar-refractivity contribution in [2.45, 2.75) is 37.0 Å². The first-order valence-electron chi connectivity index (χ1n) is 8.88. The molecule has 0 radical (unpaired) electrons. The van der Waals surface area contributed by atoms with Crippen LogP contribution < -0.4 is 10.6 Å². The number of nitrogens with zero attached hydrogens (tertiary/aromatic N) is 2. The van der Waals surface area contributed by atoms with Crippen LogP contribution >= 0.6 is 35.7 Å². The number of thioether (sulfide) groups is 1. The molecule has 1 aliphatic carbocycles. The Hall–Kier alpha value is -1.29. The maximum absolute atomic E-state index is 13.0. The van der Waals surface area contributed by atoms with Gasteiger partial charge in [0.25, 0.3) is 0 Å². The van der Waals surface area contributed by atoms with Gasteiger partial charge in [0.1, 0.15) is 12.1 Å². The summed E-state index contributed by atoms with van der Waals surface area (Å²) in [5.74, 6) is 1.07. The van der Waals surface area contributed by atoms with Gasteiger partial charge < -0.3 is 15.1 Å². The van der Waals surface area contributed by atoms with Gasteiger partial charge in [-0.25, -0.2) is 9.37 Å². The summed E-state index contributed by atoms with van der Waals surface area (Å²) in [4.78, 5) is 8.77. The van der Waals surface area contributed by atoms with Crippen molar-refractivity contribution < 1.29 is 8.81 Å². The summed E-state index contributed by atoms with van der Waals surface area (Å²) >= 11 is 1.95. The van der Waals surface area contributed by atoms with E-state index in [-0.39, 0.29) is 29.8 Å². The molecule has 1 heterocycles. The van der Waals surface area contributed by atoms with Crippen LogP contribution in [0.4, 0.5) is 4.39 Å². The summed E-state index contributed by atoms with van der Waals surface area (Å²) < 4.78 is 18.5. The lowest BCUT2D eigenvalue weighted by atomic mass is 10.2. The third kappa shape index (κ3) is 6.38. The molecule has 1 aromatic carbocycles. The Morgan fingerprint density at radius 2 is 2.11 bits per heavy atom. The highest BCUT2D eigenvalue weighted by molar-refractivity contribution is 14.0. The van der Waals surface area contributed by atoms with Gasteiger partial charge in [0, 0.05) is 36.9 Å². The summed E-state index contributed by atoms with van der Waals surface area (Å²) in [5, 5.41) is 7.59. The zero-order valence-electron chi connectivity index (χ0n) is 15.6. The first kappa shape index (κ1) is 22.0. The highest BCUT2D eigenvalue weighted by Gasteiger charge is 2.24. The number of rotatable bonds is 6. The van der Waals surface area contributed by atoms with Crippen LogP contribution in [-0.2, 0) is 6.42 Å². The van der Waals surface area contributed by atoms with E-state index in [2.05, 4.69) is 26.9 Å². The molecule has 2 N–H and O–H groups in total. The predicted molar refractivity (Wildman–Crippen MR) is 120 cm³/mol. The SMILES string of the molecule is CN=C(NCCc1coc(-c2ccc(F)cc2)n1)NC1CCC(SC)C1.I. The van der Waals surface area contributed by atoms with Gasteiger partial charge in [0.05, 0.1) is 5.69 Å². The van der Waals surface area contributed by atoms with Gasteiger partial charge in [-0.2, -0.15) is 11.8 Å². The van der Waals surface area contributed by atoms with Gasteiger partial charge in [-0.05, 0) is 49.8 Å². The summed E-state index contributed by atoms with van der Waals surface area (Å²) in [7, 11) is 1.79. The molecule has 1 aromatic heterocycles. The van der Waals surface area contributed by atoms with Crippen LogP contribution in [0.15, 0.2) is 39.9 Å². The van der Waals surface area contributed by atoms with Crippen LogP contribution in [0.25, 0.3) is 11.5 Å². The highest BCUT2D eigenvalue weighted by Crippen LogP contribution is 2.28. The summed E-state index contributed by atoms with van der Waals surface area (Å²) in [6.45, 7) is 0.716. The zero-order chi connectivity index (χ0) is 18.4. The second-order valence-corrected chi connectivity index (χ2v) is 7.55. The maximum atomic E-state index is 13.0. The van der Waals surface area contributed by atoms with Crippen molar-refractivity contribution in [1.29, 1.82) is 0 Å². The van der Waals surface area contributed by atoms with E-state index in [1.807, 2.05) is 11.8 Å². The fraction of sp³-hybridized carbons (Fsp3) is 0.474. The molecular weight excluding hydrogens is 478 g/mol. The fourth-order valence-electron chi connectivity index (χ4n) is 3.13. The molecule has 0 bridgehead atoms. The number of benzene rings is 1. The molecule has 148 valence electrons. The van der Waals surface area contributed by atoms with Gasteiger partial charge in [-0.15, -0.1) is 24.0 Å². The molecule has 2 unspecified atom stereocenters. The van der Waals surface area contributed by atoms with Crippen molar-refractivity contribution >= 4 is 41.7 Å². The van der Waals surface area contributed by atoms with E-state index in [1.54, 1.807) is 25.4 Å². The zero-order valence-corrected chi connectivity index (χ0v) is 18.7. The molecule has 2 aromatic rings. The minimum absolute atomic E-state index is 0. The normalized spacial score (nSPS) is 19.6. The molecule has 27 heavy (non-hydrogen) atoms. The Labute approximate surface area is 181 Å². The third-order valence-electron chi connectivity index (χ3n) is 4.60. The molecule has 1 fully saturated rings. The second-order valence-electron chi connectivity index (χ2n) is 6.41. The fourth-order valence-corrected chi connectivity index (χ4v) is 3.93. The maximum Gasteiger partial charge on any atom is 0.226 e. The van der Waals surface area contributed by atoms with Crippen LogP contribution in [0, 0.1) is 5.82 Å². The number of aromatic nitrogens is 1. The Bertz CT molecular complexity index is 738. The van der Waals surface area contributed by atoms with Gasteiger partial charge in [-0.1, -0.05) is 0 Å². The molecular formula is C19H26FIN4OS. The quantitative estimate of drug-likeness (QED) is 0.353. The number of aliphatic imine (C=N–C) groups is 1. The van der Waals surface area contributed by atoms with Gasteiger partial charge in [-0.3, -0.25) is 4.99 Å². The molecule has 8 heteroatoms. The highest BCUT2D eigenvalue weighted by atomic mass is 127. The Balaban J connectivity index is 0.00000261. The molecule has 0 saturated heterocycles. The van der Waals surface area contributed by atoms with Crippen molar-refractivity contribution in [2.24, 2.45) is 4.99 Å². The van der Waals surface area contributed by atoms with Crippen molar-refractivity contribution in [2.75, 3.05) is 19.8 Å². The van der Waals surface area contributed by atoms with Crippen molar-refractivity contribution in [1.82, 2.24) is 15.6 Å². The number of guanidine groups is 1. The van der Waals surface area contributed by atoms with E-state index in [0.29, 0.717) is 18.5 Å². The number of hydrogen-bond acceptors (Lipinski definition) is 4. The van der Waals surface area contributed by atoms with Gasteiger partial charge in [0.15, 0.2) is 5.96 Å². The smallest absolute Gasteiger partial charge is 0.226 e. The van der Waals surface area contributed by atoms with Crippen LogP contribution in [0.3, 0.4) is 0 Å². The number of oxazole rings is 1. The average molecular weight is 504 g/mol. The molecule has 3 rings (SSSR count). The Morgan fingerprint density at radius 1 is 1.33 bits per heavy atom. The Morgan fingerprint density at radius 3 is 2.78 bits per heavy atom. The summed E-state index contributed by atoms with van der Waals surface area (Å²) in [6, 6.07) is 6.63. The van der Waals surface area contributed by atoms with Gasteiger partial charge in [0.2, 0.25) is 5.89 Å². The van der Waals surface area contributed by atoms with Crippen LogP contribution in [0.2, 0.25) is 0 Å². The van der Waals surface area contributed by atoms with E-state index in [0.717, 1.165) is 28.9 Å². The lowest BCUT2D eigenvalue weighted by molar-refractivity contribution is 0.571. The standard InChI is InChI=1S/C19H25FN4OS.HI/c1-21-19(24-15-7-8-17(11-15)26-2)22-10-9-16-12-25-18(23-16)13-3-5-14(20)6-4-13;/h3-6,12,15,17H,7-11H2,1-2H3,(H2,21,22,24);1H. The van der Waals surface area contributed by atoms with Crippen LogP contribution in [0.1, 0.15) is 25.0 Å². The molecule has 0 spiro atoms. The first-order chi connectivity index (χ1) is 12.7. The minimum atomic E-state index is -0.269. The van der Waals surface area contributed by atoms with Crippen molar-refractivity contribution in [3.63, 3.8) is 0 Å². The second kappa shape index (κ2) is 10.9. The predicted octanol–water partition coefficient (Wildman–Crippen LogP) is 4.09. The molecule has 5 nitrogen and oxygen atoms in total. The lowest BCUT2D eigenvalue weighted by Gasteiger charge is -2.17. The van der Waals surface area contributed by atoms with E-state index in [9.17, 15) is 4.39 Å². The molecule has 2 atom stereocenters. The average Bonchev–Trinajstić information content (AvgIpc) is 3.31. The number of halogens is 2. The van der Waals surface area contributed by atoms with Crippen molar-refractivity contribution in [3.8, 4) is 11.5 Å². The van der Waals surface area contributed by atoms with Gasteiger partial charge >= 0.3 is 0 Å². The monoisotopic (exact) mass is 504 g/mol. The minimum Gasteiger partial charge on any atom is -0.444 e. The molecule has 1 aliphatic rings. The molecule has 1 saturated carbocycles. The summed E-state index contributed by atoms with van der Waals surface area (Å²) in [6.07, 6.45) is 8.20. The van der Waals surface area contributed by atoms with E-state index < -0.39 is 0 Å². The van der Waals surface area contributed by atoms with E-state index in [4.69, 9.17) is 4.42 Å². The number of hydrogen-bond donors (Lipinski definition) is 2. The first-order valence-corrected chi connectivity index (χ1v) is 10.2. The van der Waals surface area contributed by atoms with Crippen LogP contribution in [-0.4, -0.2) is 42.1 Å². The third-order valence-corrected chi connectivity index (χ3v) is 5.69. The topological polar surface area (TPSA) is 62.5 Å². The molecule has 0 aliphatic heterocycles.